The minimum atomic E-state index is 0.0332. The SMILES string of the molecule is CCOc1ccccc1N/N=C(\N=Nc1nc(-c2ccccc2)c[se]1)c1ccccc1. The first-order valence-corrected chi connectivity index (χ1v) is 11.7. The van der Waals surface area contributed by atoms with E-state index in [0.717, 1.165) is 28.3 Å². The van der Waals surface area contributed by atoms with E-state index < -0.39 is 0 Å². The number of benzene rings is 3. The average molecular weight is 474 g/mol. The van der Waals surface area contributed by atoms with Gasteiger partial charge in [-0.2, -0.15) is 0 Å². The number of hydrazone groups is 1. The third kappa shape index (κ3) is 5.54. The molecule has 0 spiro atoms. The number of hydrogen-bond donors (Lipinski definition) is 1. The Hall–Kier alpha value is -3.54. The van der Waals surface area contributed by atoms with Crippen molar-refractivity contribution >= 4 is 30.7 Å². The Morgan fingerprint density at radius 1 is 0.935 bits per heavy atom. The Balaban J connectivity index is 1.59. The second-order valence-corrected chi connectivity index (χ2v) is 8.18. The molecule has 0 aliphatic carbocycles. The van der Waals surface area contributed by atoms with Crippen molar-refractivity contribution in [2.45, 2.75) is 6.92 Å². The fourth-order valence-electron chi connectivity index (χ4n) is 2.83. The summed E-state index contributed by atoms with van der Waals surface area (Å²) in [7, 11) is 0. The summed E-state index contributed by atoms with van der Waals surface area (Å²) in [5.41, 5.74) is 6.72. The van der Waals surface area contributed by atoms with Crippen LogP contribution in [0.15, 0.2) is 105 Å². The molecule has 0 fully saturated rings. The molecule has 1 aromatic heterocycles. The topological polar surface area (TPSA) is 71.2 Å². The van der Waals surface area contributed by atoms with E-state index in [-0.39, 0.29) is 14.5 Å². The van der Waals surface area contributed by atoms with E-state index in [0.29, 0.717) is 17.1 Å². The average Bonchev–Trinajstić information content (AvgIpc) is 3.30. The van der Waals surface area contributed by atoms with Gasteiger partial charge in [-0.25, -0.2) is 0 Å². The zero-order chi connectivity index (χ0) is 21.3. The summed E-state index contributed by atoms with van der Waals surface area (Å²) in [6.07, 6.45) is 0. The molecule has 31 heavy (non-hydrogen) atoms. The number of azo groups is 1. The summed E-state index contributed by atoms with van der Waals surface area (Å²) in [6.45, 7) is 2.53. The number of aromatic nitrogens is 1. The van der Waals surface area contributed by atoms with Crippen LogP contribution in [0, 0.1) is 0 Å². The van der Waals surface area contributed by atoms with E-state index in [2.05, 4.69) is 30.7 Å². The Morgan fingerprint density at radius 2 is 1.65 bits per heavy atom. The molecule has 4 aromatic rings. The van der Waals surface area contributed by atoms with Crippen molar-refractivity contribution in [3.63, 3.8) is 0 Å². The van der Waals surface area contributed by atoms with Gasteiger partial charge in [0, 0.05) is 0 Å². The standard InChI is InChI=1S/C24H21N5OSe/c1-2-30-22-16-10-9-15-20(22)26-27-23(19-13-7-4-8-14-19)28-29-24-25-21(17-31-24)18-11-5-3-6-12-18/h3-17,26H,2H2,1H3/b27-23-,29-28?. The van der Waals surface area contributed by atoms with Gasteiger partial charge in [0.1, 0.15) is 0 Å². The van der Waals surface area contributed by atoms with Crippen molar-refractivity contribution in [1.82, 2.24) is 4.98 Å². The normalized spacial score (nSPS) is 11.6. The summed E-state index contributed by atoms with van der Waals surface area (Å²) in [5, 5.41) is 13.3. The monoisotopic (exact) mass is 475 g/mol. The molecule has 0 amide bonds. The van der Waals surface area contributed by atoms with Gasteiger partial charge in [-0.1, -0.05) is 0 Å². The molecule has 0 radical (unpaired) electrons. The number of anilines is 1. The Morgan fingerprint density at radius 3 is 2.42 bits per heavy atom. The molecule has 0 aliphatic rings. The van der Waals surface area contributed by atoms with Gasteiger partial charge >= 0.3 is 187 Å². The summed E-state index contributed by atoms with van der Waals surface area (Å²) < 4.78 is 6.37. The van der Waals surface area contributed by atoms with Gasteiger partial charge in [0.2, 0.25) is 0 Å². The first-order chi connectivity index (χ1) is 15.3. The molecule has 1 N–H and O–H groups in total. The van der Waals surface area contributed by atoms with Gasteiger partial charge in [0.05, 0.1) is 0 Å². The van der Waals surface area contributed by atoms with Crippen LogP contribution in [0.1, 0.15) is 12.5 Å². The predicted molar refractivity (Wildman–Crippen MR) is 125 cm³/mol. The zero-order valence-electron chi connectivity index (χ0n) is 17.0. The Bertz CT molecular complexity index is 1170. The molecule has 0 aliphatic heterocycles. The van der Waals surface area contributed by atoms with Gasteiger partial charge in [0.15, 0.2) is 0 Å². The van der Waals surface area contributed by atoms with E-state index in [1.807, 2.05) is 91.9 Å². The van der Waals surface area contributed by atoms with Crippen LogP contribution in [0.3, 0.4) is 0 Å². The van der Waals surface area contributed by atoms with Crippen LogP contribution in [-0.2, 0) is 0 Å². The van der Waals surface area contributed by atoms with Crippen molar-refractivity contribution in [3.8, 4) is 17.0 Å². The van der Waals surface area contributed by atoms with Gasteiger partial charge in [0.25, 0.3) is 0 Å². The summed E-state index contributed by atoms with van der Waals surface area (Å²) >= 11 is 0.0332. The molecule has 0 saturated carbocycles. The van der Waals surface area contributed by atoms with Crippen LogP contribution >= 0.6 is 0 Å². The van der Waals surface area contributed by atoms with Crippen molar-refractivity contribution in [2.75, 3.05) is 12.0 Å². The van der Waals surface area contributed by atoms with Crippen molar-refractivity contribution < 1.29 is 4.74 Å². The summed E-state index contributed by atoms with van der Waals surface area (Å²) in [4.78, 5) is 6.75. The number of rotatable bonds is 7. The molecule has 3 aromatic carbocycles. The fraction of sp³-hybridized carbons (Fsp3) is 0.0833. The zero-order valence-corrected chi connectivity index (χ0v) is 18.7. The van der Waals surface area contributed by atoms with E-state index in [4.69, 9.17) is 4.74 Å². The molecular formula is C24H21N5OSe. The molecule has 154 valence electrons. The number of ether oxygens (including phenoxy) is 1. The maximum absolute atomic E-state index is 5.66. The molecular weight excluding hydrogens is 453 g/mol. The number of nitrogens with zero attached hydrogens (tertiary/aromatic N) is 4. The number of hydrogen-bond acceptors (Lipinski definition) is 5. The van der Waals surface area contributed by atoms with Gasteiger partial charge in [-0.05, 0) is 0 Å². The first-order valence-electron chi connectivity index (χ1n) is 9.87. The van der Waals surface area contributed by atoms with Crippen molar-refractivity contribution in [3.05, 3.63) is 95.4 Å². The van der Waals surface area contributed by atoms with Crippen LogP contribution in [0.25, 0.3) is 11.3 Å². The third-order valence-corrected chi connectivity index (χ3v) is 5.81. The predicted octanol–water partition coefficient (Wildman–Crippen LogP) is 5.76. The van der Waals surface area contributed by atoms with Crippen LogP contribution < -0.4 is 10.2 Å². The second kappa shape index (κ2) is 10.5. The van der Waals surface area contributed by atoms with E-state index >= 15 is 0 Å². The molecule has 4 rings (SSSR count). The summed E-state index contributed by atoms with van der Waals surface area (Å²) in [6, 6.07) is 27.5. The van der Waals surface area contributed by atoms with Gasteiger partial charge in [-0.15, -0.1) is 0 Å². The van der Waals surface area contributed by atoms with E-state index in [1.54, 1.807) is 0 Å². The van der Waals surface area contributed by atoms with Gasteiger partial charge < -0.3 is 0 Å². The Labute approximate surface area is 187 Å². The van der Waals surface area contributed by atoms with Crippen LogP contribution in [-0.4, -0.2) is 31.9 Å². The number of nitrogens with one attached hydrogen (secondary N) is 1. The maximum atomic E-state index is 5.66. The quantitative estimate of drug-likeness (QED) is 0.122. The molecule has 0 bridgehead atoms. The number of amidine groups is 1. The molecule has 6 nitrogen and oxygen atoms in total. The molecule has 0 unspecified atom stereocenters. The van der Waals surface area contributed by atoms with Crippen molar-refractivity contribution in [1.29, 1.82) is 0 Å². The minimum absolute atomic E-state index is 0.0332. The van der Waals surface area contributed by atoms with Crippen LogP contribution in [0.2, 0.25) is 0 Å². The molecule has 1 heterocycles. The van der Waals surface area contributed by atoms with Crippen LogP contribution in [0.4, 0.5) is 10.4 Å². The van der Waals surface area contributed by atoms with E-state index in [9.17, 15) is 0 Å². The Kier molecular flexibility index (Phi) is 7.00. The van der Waals surface area contributed by atoms with Gasteiger partial charge in [-0.3, -0.25) is 0 Å². The van der Waals surface area contributed by atoms with Crippen molar-refractivity contribution in [2.24, 2.45) is 15.3 Å². The molecule has 0 saturated heterocycles. The molecule has 7 heteroatoms. The third-order valence-electron chi connectivity index (χ3n) is 4.29. The first kappa shape index (κ1) is 20.7. The number of para-hydroxylation sites is 2. The van der Waals surface area contributed by atoms with E-state index in [1.165, 1.54) is 0 Å². The van der Waals surface area contributed by atoms with Crippen LogP contribution in [0.5, 0.6) is 5.75 Å². The molecule has 0 atom stereocenters. The second-order valence-electron chi connectivity index (χ2n) is 6.42. The fourth-order valence-corrected chi connectivity index (χ4v) is 4.18. The summed E-state index contributed by atoms with van der Waals surface area (Å²) in [5.74, 6) is 1.21.